The number of alkyl halides is 3. The number of halogens is 3. The predicted octanol–water partition coefficient (Wildman–Crippen LogP) is 1.57. The minimum atomic E-state index is -4.41. The Morgan fingerprint density at radius 2 is 2.27 bits per heavy atom. The van der Waals surface area contributed by atoms with Gasteiger partial charge < -0.3 is 5.32 Å². The first-order valence-corrected chi connectivity index (χ1v) is 4.74. The molecule has 0 aliphatic carbocycles. The van der Waals surface area contributed by atoms with Crippen molar-refractivity contribution >= 4 is 17.2 Å². The molecule has 82 valence electrons. The van der Waals surface area contributed by atoms with E-state index in [0.29, 0.717) is 17.2 Å². The molecule has 15 heavy (non-hydrogen) atoms. The molecule has 1 aliphatic heterocycles. The molecule has 0 aromatic carbocycles. The van der Waals surface area contributed by atoms with Gasteiger partial charge in [0.2, 0.25) is 0 Å². The first-order valence-electron chi connectivity index (χ1n) is 4.34. The number of rotatable bonds is 0. The molecule has 1 atom stereocenters. The Morgan fingerprint density at radius 1 is 1.60 bits per heavy atom. The summed E-state index contributed by atoms with van der Waals surface area (Å²) in [7, 11) is 0. The van der Waals surface area contributed by atoms with E-state index < -0.39 is 11.9 Å². The van der Waals surface area contributed by atoms with Gasteiger partial charge in [0.1, 0.15) is 4.99 Å². The van der Waals surface area contributed by atoms with Gasteiger partial charge in [-0.2, -0.15) is 18.3 Å². The van der Waals surface area contributed by atoms with Crippen molar-refractivity contribution in [1.82, 2.24) is 15.1 Å². The van der Waals surface area contributed by atoms with Crippen LogP contribution in [0.5, 0.6) is 0 Å². The van der Waals surface area contributed by atoms with Gasteiger partial charge in [-0.25, -0.2) is 0 Å². The van der Waals surface area contributed by atoms with Crippen molar-refractivity contribution in [2.24, 2.45) is 0 Å². The Balaban J connectivity index is 2.44. The van der Waals surface area contributed by atoms with E-state index >= 15 is 0 Å². The topological polar surface area (TPSA) is 29.9 Å². The van der Waals surface area contributed by atoms with Crippen molar-refractivity contribution in [3.63, 3.8) is 0 Å². The predicted molar refractivity (Wildman–Crippen MR) is 51.5 cm³/mol. The SMILES string of the molecule is C[C@H]1Cn2nc(C(F)(F)F)cc2C(=S)N1. The van der Waals surface area contributed by atoms with Crippen LogP contribution >= 0.6 is 12.2 Å². The molecule has 3 nitrogen and oxygen atoms in total. The summed E-state index contributed by atoms with van der Waals surface area (Å²) in [6.45, 7) is 2.23. The van der Waals surface area contributed by atoms with Crippen molar-refractivity contribution in [1.29, 1.82) is 0 Å². The van der Waals surface area contributed by atoms with Gasteiger partial charge >= 0.3 is 6.18 Å². The van der Waals surface area contributed by atoms with Gasteiger partial charge in [-0.3, -0.25) is 4.68 Å². The van der Waals surface area contributed by atoms with Gasteiger partial charge in [0, 0.05) is 6.04 Å². The van der Waals surface area contributed by atoms with E-state index in [1.165, 1.54) is 4.68 Å². The molecule has 0 unspecified atom stereocenters. The quantitative estimate of drug-likeness (QED) is 0.692. The van der Waals surface area contributed by atoms with Gasteiger partial charge in [0.15, 0.2) is 5.69 Å². The number of nitrogens with one attached hydrogen (secondary N) is 1. The van der Waals surface area contributed by atoms with Gasteiger partial charge in [-0.1, -0.05) is 12.2 Å². The number of hydrogen-bond acceptors (Lipinski definition) is 2. The fourth-order valence-electron chi connectivity index (χ4n) is 1.48. The lowest BCUT2D eigenvalue weighted by molar-refractivity contribution is -0.141. The van der Waals surface area contributed by atoms with Crippen molar-refractivity contribution in [2.75, 3.05) is 0 Å². The van der Waals surface area contributed by atoms with Crippen molar-refractivity contribution in [2.45, 2.75) is 25.7 Å². The molecule has 1 aromatic rings. The summed E-state index contributed by atoms with van der Waals surface area (Å²) < 4.78 is 38.4. The van der Waals surface area contributed by atoms with E-state index in [4.69, 9.17) is 12.2 Å². The maximum absolute atomic E-state index is 12.4. The molecule has 1 aliphatic rings. The monoisotopic (exact) mass is 235 g/mol. The lowest BCUT2D eigenvalue weighted by Crippen LogP contribution is -2.41. The molecule has 0 bridgehead atoms. The van der Waals surface area contributed by atoms with Gasteiger partial charge in [0.05, 0.1) is 12.2 Å². The van der Waals surface area contributed by atoms with Crippen LogP contribution in [-0.4, -0.2) is 20.8 Å². The largest absolute Gasteiger partial charge is 0.435 e. The third-order valence-electron chi connectivity index (χ3n) is 2.13. The fourth-order valence-corrected chi connectivity index (χ4v) is 1.85. The summed E-state index contributed by atoms with van der Waals surface area (Å²) in [6.07, 6.45) is -4.41. The molecule has 1 N–H and O–H groups in total. The first kappa shape index (κ1) is 10.4. The smallest absolute Gasteiger partial charge is 0.370 e. The van der Waals surface area contributed by atoms with Gasteiger partial charge in [-0.05, 0) is 13.0 Å². The molecule has 7 heteroatoms. The van der Waals surface area contributed by atoms with Crippen molar-refractivity contribution < 1.29 is 13.2 Å². The molecule has 0 amide bonds. The van der Waals surface area contributed by atoms with E-state index in [1.807, 2.05) is 6.92 Å². The van der Waals surface area contributed by atoms with E-state index in [2.05, 4.69) is 10.4 Å². The van der Waals surface area contributed by atoms with Crippen LogP contribution in [0.4, 0.5) is 13.2 Å². The molecule has 1 aromatic heterocycles. The van der Waals surface area contributed by atoms with E-state index in [-0.39, 0.29) is 6.04 Å². The Morgan fingerprint density at radius 3 is 2.87 bits per heavy atom. The number of nitrogens with zero attached hydrogens (tertiary/aromatic N) is 2. The fraction of sp³-hybridized carbons (Fsp3) is 0.500. The van der Waals surface area contributed by atoms with E-state index in [1.54, 1.807) is 0 Å². The highest BCUT2D eigenvalue weighted by Crippen LogP contribution is 2.29. The minimum absolute atomic E-state index is 0.00554. The van der Waals surface area contributed by atoms with Crippen molar-refractivity contribution in [3.8, 4) is 0 Å². The normalized spacial score (nSPS) is 21.1. The molecule has 2 rings (SSSR count). The van der Waals surface area contributed by atoms with Crippen LogP contribution in [0.25, 0.3) is 0 Å². The summed E-state index contributed by atoms with van der Waals surface area (Å²) in [4.78, 5) is 0.316. The lowest BCUT2D eigenvalue weighted by atomic mass is 10.2. The molecule has 0 saturated carbocycles. The maximum atomic E-state index is 12.4. The molecule has 2 heterocycles. The second-order valence-corrected chi connectivity index (χ2v) is 3.88. The number of aromatic nitrogens is 2. The van der Waals surface area contributed by atoms with Crippen LogP contribution in [0.3, 0.4) is 0 Å². The summed E-state index contributed by atoms with van der Waals surface area (Å²) in [6, 6.07) is 0.979. The van der Waals surface area contributed by atoms with E-state index in [0.717, 1.165) is 6.07 Å². The number of hydrogen-bond donors (Lipinski definition) is 1. The second-order valence-electron chi connectivity index (χ2n) is 3.47. The van der Waals surface area contributed by atoms with Crippen LogP contribution < -0.4 is 5.32 Å². The number of thiocarbonyl (C=S) groups is 1. The average Bonchev–Trinajstić information content (AvgIpc) is 2.46. The Labute approximate surface area is 89.3 Å². The van der Waals surface area contributed by atoms with Gasteiger partial charge in [0.25, 0.3) is 0 Å². The first-order chi connectivity index (χ1) is 6.88. The van der Waals surface area contributed by atoms with E-state index in [9.17, 15) is 13.2 Å². The maximum Gasteiger partial charge on any atom is 0.435 e. The Kier molecular flexibility index (Phi) is 2.22. The molecule has 0 radical (unpaired) electrons. The minimum Gasteiger partial charge on any atom is -0.370 e. The standard InChI is InChI=1S/C8H8F3N3S/c1-4-3-14-5(7(15)12-4)2-6(13-14)8(9,10)11/h2,4H,3H2,1H3,(H,12,15)/t4-/m0/s1. The lowest BCUT2D eigenvalue weighted by Gasteiger charge is -2.22. The zero-order valence-corrected chi connectivity index (χ0v) is 8.61. The summed E-state index contributed by atoms with van der Waals surface area (Å²) in [5, 5.41) is 6.39. The highest BCUT2D eigenvalue weighted by molar-refractivity contribution is 7.80. The Hall–Kier alpha value is -1.11. The summed E-state index contributed by atoms with van der Waals surface area (Å²) in [5.74, 6) is 0. The molecule has 0 fully saturated rings. The molecule has 0 spiro atoms. The highest BCUT2D eigenvalue weighted by Gasteiger charge is 2.36. The summed E-state index contributed by atoms with van der Waals surface area (Å²) >= 11 is 4.93. The Bertz CT molecular complexity index is 410. The van der Waals surface area contributed by atoms with Crippen LogP contribution in [0.2, 0.25) is 0 Å². The zero-order chi connectivity index (χ0) is 11.2. The second kappa shape index (κ2) is 3.19. The molecule has 0 saturated heterocycles. The zero-order valence-electron chi connectivity index (χ0n) is 7.80. The van der Waals surface area contributed by atoms with Crippen LogP contribution in [-0.2, 0) is 12.7 Å². The average molecular weight is 235 g/mol. The molecular formula is C8H8F3N3S. The van der Waals surface area contributed by atoms with Gasteiger partial charge in [-0.15, -0.1) is 0 Å². The number of fused-ring (bicyclic) bond motifs is 1. The van der Waals surface area contributed by atoms with Crippen molar-refractivity contribution in [3.05, 3.63) is 17.5 Å². The van der Waals surface area contributed by atoms with Crippen LogP contribution in [0.15, 0.2) is 6.07 Å². The summed E-state index contributed by atoms with van der Waals surface area (Å²) in [5.41, 5.74) is -0.564. The molecular weight excluding hydrogens is 227 g/mol. The highest BCUT2D eigenvalue weighted by atomic mass is 32.1. The van der Waals surface area contributed by atoms with Crippen LogP contribution in [0.1, 0.15) is 18.3 Å². The third kappa shape index (κ3) is 1.83. The van der Waals surface area contributed by atoms with Crippen LogP contribution in [0, 0.1) is 0 Å². The third-order valence-corrected chi connectivity index (χ3v) is 2.45.